The second-order valence-electron chi connectivity index (χ2n) is 3.77. The quantitative estimate of drug-likeness (QED) is 0.735. The third-order valence-corrected chi connectivity index (χ3v) is 3.15. The molecule has 1 aromatic heterocycles. The van der Waals surface area contributed by atoms with E-state index in [2.05, 4.69) is 17.2 Å². The van der Waals surface area contributed by atoms with Gasteiger partial charge in [0, 0.05) is 18.5 Å². The van der Waals surface area contributed by atoms with E-state index in [1.807, 2.05) is 19.1 Å². The van der Waals surface area contributed by atoms with E-state index in [-0.39, 0.29) is 5.97 Å². The van der Waals surface area contributed by atoms with Gasteiger partial charge in [-0.25, -0.2) is 4.98 Å². The maximum absolute atomic E-state index is 11.2. The normalized spacial score (nSPS) is 10.1. The van der Waals surface area contributed by atoms with E-state index < -0.39 is 0 Å². The molecule has 18 heavy (non-hydrogen) atoms. The molecule has 0 atom stereocenters. The Hall–Kier alpha value is -1.23. The molecule has 1 N–H and O–H groups in total. The van der Waals surface area contributed by atoms with E-state index in [4.69, 9.17) is 4.74 Å². The van der Waals surface area contributed by atoms with Crippen LogP contribution in [0.5, 0.6) is 0 Å². The van der Waals surface area contributed by atoms with Crippen LogP contribution in [0.1, 0.15) is 25.8 Å². The van der Waals surface area contributed by atoms with Gasteiger partial charge in [0.15, 0.2) is 0 Å². The fourth-order valence-corrected chi connectivity index (χ4v) is 2.14. The standard InChI is InChI=1S/C13H20N2O2S/c1-3-6-14-12-8-11(5-7-15-12)9-18-10-13(16)17-4-2/h5,7-8H,3-4,6,9-10H2,1-2H3,(H,14,15). The second kappa shape index (κ2) is 8.80. The number of thioether (sulfide) groups is 1. The lowest BCUT2D eigenvalue weighted by molar-refractivity contribution is -0.139. The van der Waals surface area contributed by atoms with Crippen molar-refractivity contribution in [3.63, 3.8) is 0 Å². The van der Waals surface area contributed by atoms with Crippen LogP contribution in [0.2, 0.25) is 0 Å². The van der Waals surface area contributed by atoms with Gasteiger partial charge in [-0.3, -0.25) is 4.79 Å². The number of hydrogen-bond donors (Lipinski definition) is 1. The van der Waals surface area contributed by atoms with E-state index in [1.165, 1.54) is 0 Å². The smallest absolute Gasteiger partial charge is 0.315 e. The van der Waals surface area contributed by atoms with Crippen LogP contribution in [-0.2, 0) is 15.3 Å². The zero-order valence-electron chi connectivity index (χ0n) is 10.9. The molecule has 0 unspecified atom stereocenters. The Morgan fingerprint density at radius 1 is 1.50 bits per heavy atom. The molecule has 0 aliphatic heterocycles. The highest BCUT2D eigenvalue weighted by atomic mass is 32.2. The summed E-state index contributed by atoms with van der Waals surface area (Å²) in [7, 11) is 0. The topological polar surface area (TPSA) is 51.2 Å². The Balaban J connectivity index is 2.35. The molecule has 0 spiro atoms. The minimum absolute atomic E-state index is 0.152. The first kappa shape index (κ1) is 14.8. The molecule has 0 aromatic carbocycles. The molecule has 0 saturated carbocycles. The van der Waals surface area contributed by atoms with Crippen LogP contribution >= 0.6 is 11.8 Å². The minimum Gasteiger partial charge on any atom is -0.465 e. The molecule has 0 fully saturated rings. The number of esters is 1. The molecule has 1 heterocycles. The van der Waals surface area contributed by atoms with Crippen LogP contribution < -0.4 is 5.32 Å². The molecule has 4 nitrogen and oxygen atoms in total. The fraction of sp³-hybridized carbons (Fsp3) is 0.538. The van der Waals surface area contributed by atoms with Crippen molar-refractivity contribution >= 4 is 23.5 Å². The molecule has 5 heteroatoms. The van der Waals surface area contributed by atoms with Crippen molar-refractivity contribution in [1.29, 1.82) is 0 Å². The Morgan fingerprint density at radius 3 is 3.06 bits per heavy atom. The summed E-state index contributed by atoms with van der Waals surface area (Å²) >= 11 is 1.56. The zero-order chi connectivity index (χ0) is 13.2. The summed E-state index contributed by atoms with van der Waals surface area (Å²) in [5, 5.41) is 3.24. The second-order valence-corrected chi connectivity index (χ2v) is 4.76. The molecule has 0 amide bonds. The lowest BCUT2D eigenvalue weighted by atomic mass is 10.3. The van der Waals surface area contributed by atoms with Crippen LogP contribution in [0.15, 0.2) is 18.3 Å². The molecule has 0 radical (unpaired) electrons. The average Bonchev–Trinajstić information content (AvgIpc) is 2.37. The number of pyridine rings is 1. The fourth-order valence-electron chi connectivity index (χ4n) is 1.37. The summed E-state index contributed by atoms with van der Waals surface area (Å²) in [6, 6.07) is 3.99. The van der Waals surface area contributed by atoms with Gasteiger partial charge < -0.3 is 10.1 Å². The Morgan fingerprint density at radius 2 is 2.33 bits per heavy atom. The highest BCUT2D eigenvalue weighted by molar-refractivity contribution is 7.99. The summed E-state index contributed by atoms with van der Waals surface area (Å²) in [6.07, 6.45) is 2.86. The van der Waals surface area contributed by atoms with E-state index >= 15 is 0 Å². The van der Waals surface area contributed by atoms with E-state index in [0.717, 1.165) is 30.1 Å². The summed E-state index contributed by atoms with van der Waals surface area (Å²) < 4.78 is 4.87. The molecule has 1 rings (SSSR count). The van der Waals surface area contributed by atoms with E-state index in [1.54, 1.807) is 18.0 Å². The average molecular weight is 268 g/mol. The van der Waals surface area contributed by atoms with Crippen molar-refractivity contribution in [3.05, 3.63) is 23.9 Å². The first-order chi connectivity index (χ1) is 8.76. The number of hydrogen-bond acceptors (Lipinski definition) is 5. The van der Waals surface area contributed by atoms with Crippen LogP contribution in [0.25, 0.3) is 0 Å². The van der Waals surface area contributed by atoms with E-state index in [9.17, 15) is 4.79 Å². The van der Waals surface area contributed by atoms with Gasteiger partial charge in [-0.1, -0.05) is 6.92 Å². The third kappa shape index (κ3) is 5.91. The van der Waals surface area contributed by atoms with Gasteiger partial charge in [0.1, 0.15) is 5.82 Å². The third-order valence-electron chi connectivity index (χ3n) is 2.17. The predicted octanol–water partition coefficient (Wildman–Crippen LogP) is 2.70. The van der Waals surface area contributed by atoms with Gasteiger partial charge in [-0.15, -0.1) is 11.8 Å². The summed E-state index contributed by atoms with van der Waals surface area (Å²) in [5.74, 6) is 1.93. The minimum atomic E-state index is -0.152. The van der Waals surface area contributed by atoms with Gasteiger partial charge in [0.25, 0.3) is 0 Å². The maximum Gasteiger partial charge on any atom is 0.315 e. The number of rotatable bonds is 8. The first-order valence-corrected chi connectivity index (χ1v) is 7.34. The summed E-state index contributed by atoms with van der Waals surface area (Å²) in [5.41, 5.74) is 1.16. The first-order valence-electron chi connectivity index (χ1n) is 6.18. The number of carbonyl (C=O) groups is 1. The van der Waals surface area contributed by atoms with Crippen molar-refractivity contribution in [2.45, 2.75) is 26.0 Å². The largest absolute Gasteiger partial charge is 0.465 e. The van der Waals surface area contributed by atoms with Crippen LogP contribution in [0.3, 0.4) is 0 Å². The Bertz CT molecular complexity index is 372. The Kier molecular flexibility index (Phi) is 7.25. The van der Waals surface area contributed by atoms with Gasteiger partial charge in [0.2, 0.25) is 0 Å². The number of ether oxygens (including phenoxy) is 1. The van der Waals surface area contributed by atoms with Crippen molar-refractivity contribution < 1.29 is 9.53 Å². The Labute approximate surface area is 113 Å². The highest BCUT2D eigenvalue weighted by Gasteiger charge is 2.02. The highest BCUT2D eigenvalue weighted by Crippen LogP contribution is 2.14. The van der Waals surface area contributed by atoms with E-state index in [0.29, 0.717) is 12.4 Å². The molecular weight excluding hydrogens is 248 g/mol. The van der Waals surface area contributed by atoms with Gasteiger partial charge in [0.05, 0.1) is 12.4 Å². The van der Waals surface area contributed by atoms with Crippen LogP contribution in [0.4, 0.5) is 5.82 Å². The SMILES string of the molecule is CCCNc1cc(CSCC(=O)OCC)ccn1. The van der Waals surface area contributed by atoms with Gasteiger partial charge in [-0.05, 0) is 31.0 Å². The van der Waals surface area contributed by atoms with Gasteiger partial charge in [-0.2, -0.15) is 0 Å². The molecule has 0 saturated heterocycles. The summed E-state index contributed by atoms with van der Waals surface area (Å²) in [4.78, 5) is 15.4. The molecule has 1 aromatic rings. The number of nitrogens with zero attached hydrogens (tertiary/aromatic N) is 1. The molecule has 0 bridgehead atoms. The number of carbonyl (C=O) groups excluding carboxylic acids is 1. The zero-order valence-corrected chi connectivity index (χ0v) is 11.8. The van der Waals surface area contributed by atoms with Gasteiger partial charge >= 0.3 is 5.97 Å². The number of aromatic nitrogens is 1. The monoisotopic (exact) mass is 268 g/mol. The van der Waals surface area contributed by atoms with Crippen molar-refractivity contribution in [1.82, 2.24) is 4.98 Å². The van der Waals surface area contributed by atoms with Crippen molar-refractivity contribution in [2.75, 3.05) is 24.2 Å². The number of anilines is 1. The lowest BCUT2D eigenvalue weighted by Gasteiger charge is -2.06. The van der Waals surface area contributed by atoms with Crippen molar-refractivity contribution in [2.24, 2.45) is 0 Å². The molecular formula is C13H20N2O2S. The maximum atomic E-state index is 11.2. The predicted molar refractivity (Wildman–Crippen MR) is 75.8 cm³/mol. The van der Waals surface area contributed by atoms with Crippen LogP contribution in [0, 0.1) is 0 Å². The van der Waals surface area contributed by atoms with Crippen LogP contribution in [-0.4, -0.2) is 29.9 Å². The van der Waals surface area contributed by atoms with Crippen molar-refractivity contribution in [3.8, 4) is 0 Å². The lowest BCUT2D eigenvalue weighted by Crippen LogP contribution is -2.07. The summed E-state index contributed by atoms with van der Waals surface area (Å²) in [6.45, 7) is 5.30. The molecule has 100 valence electrons. The number of nitrogens with one attached hydrogen (secondary N) is 1. The molecule has 0 aliphatic rings. The molecule has 0 aliphatic carbocycles.